The van der Waals surface area contributed by atoms with E-state index in [1.807, 2.05) is 24.3 Å². The lowest BCUT2D eigenvalue weighted by Crippen LogP contribution is -2.36. The number of likely N-dealkylation sites (N-methyl/N-ethyl adjacent to an activating group) is 2. The molecule has 0 saturated heterocycles. The van der Waals surface area contributed by atoms with Crippen LogP contribution in [0.15, 0.2) is 59.9 Å². The van der Waals surface area contributed by atoms with Gasteiger partial charge >= 0.3 is 6.09 Å². The van der Waals surface area contributed by atoms with Crippen LogP contribution in [-0.2, 0) is 4.74 Å². The van der Waals surface area contributed by atoms with E-state index < -0.39 is 11.9 Å². The molecular formula is C27H29ClN2O4. The number of carbonyl (C=O) groups is 3. The van der Waals surface area contributed by atoms with E-state index in [4.69, 9.17) is 16.3 Å². The van der Waals surface area contributed by atoms with Crippen molar-refractivity contribution in [3.8, 4) is 0 Å². The molecule has 1 saturated carbocycles. The summed E-state index contributed by atoms with van der Waals surface area (Å²) in [5, 5.41) is 3.68. The van der Waals surface area contributed by atoms with Crippen molar-refractivity contribution in [1.29, 1.82) is 0 Å². The third-order valence-electron chi connectivity index (χ3n) is 6.79. The summed E-state index contributed by atoms with van der Waals surface area (Å²) >= 11 is 6.03. The smallest absolute Gasteiger partial charge is 0.406 e. The number of allylic oxidation sites excluding steroid dienone is 2. The number of rotatable bonds is 6. The zero-order valence-corrected chi connectivity index (χ0v) is 20.2. The highest BCUT2D eigenvalue weighted by atomic mass is 35.5. The van der Waals surface area contributed by atoms with Gasteiger partial charge in [-0.2, -0.15) is 0 Å². The van der Waals surface area contributed by atoms with Gasteiger partial charge in [-0.25, -0.2) is 4.79 Å². The number of ether oxygens (including phenoxy) is 1. The lowest BCUT2D eigenvalue weighted by molar-refractivity contribution is 0.0857. The highest BCUT2D eigenvalue weighted by Gasteiger charge is 2.40. The number of carbonyl (C=O) groups excluding carboxylic acids is 3. The quantitative estimate of drug-likeness (QED) is 0.612. The SMILES string of the molecule is CNCCN(C)C(=O)OC1=C([C@H]2CC[C@H](c3ccc(Cl)cc3)CC2)C(=O)c2ccccc2C1=O. The molecular weight excluding hydrogens is 452 g/mol. The van der Waals surface area contributed by atoms with E-state index in [9.17, 15) is 14.4 Å². The molecule has 1 amide bonds. The van der Waals surface area contributed by atoms with E-state index >= 15 is 0 Å². The molecule has 34 heavy (non-hydrogen) atoms. The first kappa shape index (κ1) is 24.2. The van der Waals surface area contributed by atoms with Crippen molar-refractivity contribution < 1.29 is 19.1 Å². The number of Topliss-reactive ketones (excluding diaryl/α,β-unsaturated/α-hetero) is 2. The predicted molar refractivity (Wildman–Crippen MR) is 131 cm³/mol. The number of ketones is 2. The van der Waals surface area contributed by atoms with Crippen LogP contribution >= 0.6 is 11.6 Å². The van der Waals surface area contributed by atoms with E-state index in [2.05, 4.69) is 5.32 Å². The maximum Gasteiger partial charge on any atom is 0.415 e. The monoisotopic (exact) mass is 480 g/mol. The second-order valence-corrected chi connectivity index (χ2v) is 9.38. The number of hydrogen-bond donors (Lipinski definition) is 1. The summed E-state index contributed by atoms with van der Waals surface area (Å²) in [6, 6.07) is 14.6. The van der Waals surface area contributed by atoms with Crippen LogP contribution in [-0.4, -0.2) is 49.7 Å². The lowest BCUT2D eigenvalue weighted by atomic mass is 9.72. The molecule has 0 bridgehead atoms. The maximum absolute atomic E-state index is 13.5. The summed E-state index contributed by atoms with van der Waals surface area (Å²) in [7, 11) is 3.40. The Morgan fingerprint density at radius 3 is 2.18 bits per heavy atom. The van der Waals surface area contributed by atoms with Crippen LogP contribution in [0.5, 0.6) is 0 Å². The summed E-state index contributed by atoms with van der Waals surface area (Å²) in [6.07, 6.45) is 2.59. The van der Waals surface area contributed by atoms with Gasteiger partial charge in [0.15, 0.2) is 11.5 Å². The standard InChI is InChI=1S/C27H29ClN2O4/c1-29-15-16-30(2)27(33)34-26-23(24(31)21-5-3-4-6-22(21)25(26)32)19-9-7-17(8-10-19)18-11-13-20(28)14-12-18/h3-6,11-14,17,19,29H,7-10,15-16H2,1-2H3/t17-,19-. The number of fused-ring (bicyclic) bond motifs is 1. The average molecular weight is 481 g/mol. The van der Waals surface area contributed by atoms with Crippen LogP contribution in [0.25, 0.3) is 0 Å². The normalized spacial score (nSPS) is 20.2. The second-order valence-electron chi connectivity index (χ2n) is 8.94. The third-order valence-corrected chi connectivity index (χ3v) is 7.04. The first-order valence-electron chi connectivity index (χ1n) is 11.7. The molecule has 0 spiro atoms. The minimum absolute atomic E-state index is 0.111. The Hall–Kier alpha value is -2.96. The van der Waals surface area contributed by atoms with Gasteiger partial charge in [-0.15, -0.1) is 0 Å². The number of benzene rings is 2. The maximum atomic E-state index is 13.5. The molecule has 0 aliphatic heterocycles. The van der Waals surface area contributed by atoms with E-state index in [0.29, 0.717) is 35.2 Å². The molecule has 178 valence electrons. The summed E-state index contributed by atoms with van der Waals surface area (Å²) < 4.78 is 5.63. The molecule has 0 heterocycles. The average Bonchev–Trinajstić information content (AvgIpc) is 2.86. The van der Waals surface area contributed by atoms with Crippen molar-refractivity contribution in [2.24, 2.45) is 5.92 Å². The molecule has 0 unspecified atom stereocenters. The van der Waals surface area contributed by atoms with E-state index in [-0.39, 0.29) is 23.0 Å². The fourth-order valence-corrected chi connectivity index (χ4v) is 4.96. The molecule has 6 nitrogen and oxygen atoms in total. The van der Waals surface area contributed by atoms with E-state index in [1.165, 1.54) is 10.5 Å². The summed E-state index contributed by atoms with van der Waals surface area (Å²) in [5.41, 5.74) is 2.23. The van der Waals surface area contributed by atoms with Crippen molar-refractivity contribution in [1.82, 2.24) is 10.2 Å². The Morgan fingerprint density at radius 1 is 0.971 bits per heavy atom. The molecule has 0 radical (unpaired) electrons. The van der Waals surface area contributed by atoms with Gasteiger partial charge in [0, 0.05) is 36.3 Å². The number of hydrogen-bond acceptors (Lipinski definition) is 5. The summed E-state index contributed by atoms with van der Waals surface area (Å²) in [5.74, 6) is -0.501. The first-order chi connectivity index (χ1) is 16.4. The Kier molecular flexibility index (Phi) is 7.49. The van der Waals surface area contributed by atoms with Gasteiger partial charge in [-0.05, 0) is 62.3 Å². The lowest BCUT2D eigenvalue weighted by Gasteiger charge is -2.32. The predicted octanol–water partition coefficient (Wildman–Crippen LogP) is 5.23. The molecule has 2 aromatic carbocycles. The van der Waals surface area contributed by atoms with Gasteiger partial charge in [-0.1, -0.05) is 48.0 Å². The summed E-state index contributed by atoms with van der Waals surface area (Å²) in [4.78, 5) is 41.1. The molecule has 2 aliphatic rings. The summed E-state index contributed by atoms with van der Waals surface area (Å²) in [6.45, 7) is 1.00. The van der Waals surface area contributed by atoms with Crippen molar-refractivity contribution >= 4 is 29.3 Å². The number of halogens is 1. The van der Waals surface area contributed by atoms with Crippen LogP contribution in [0, 0.1) is 5.92 Å². The minimum Gasteiger partial charge on any atom is -0.406 e. The fourth-order valence-electron chi connectivity index (χ4n) is 4.83. The van der Waals surface area contributed by atoms with Crippen molar-refractivity contribution in [2.45, 2.75) is 31.6 Å². The second kappa shape index (κ2) is 10.5. The Bertz CT molecular complexity index is 1120. The molecule has 2 aromatic rings. The zero-order chi connectivity index (χ0) is 24.2. The zero-order valence-electron chi connectivity index (χ0n) is 19.5. The molecule has 0 aromatic heterocycles. The molecule has 0 atom stereocenters. The number of nitrogens with one attached hydrogen (secondary N) is 1. The molecule has 1 fully saturated rings. The Morgan fingerprint density at radius 2 is 1.56 bits per heavy atom. The fraction of sp³-hybridized carbons (Fsp3) is 0.370. The van der Waals surface area contributed by atoms with Crippen molar-refractivity contribution in [2.75, 3.05) is 27.2 Å². The van der Waals surface area contributed by atoms with Gasteiger partial charge in [-0.3, -0.25) is 9.59 Å². The highest BCUT2D eigenvalue weighted by Crippen LogP contribution is 2.42. The number of nitrogens with zero attached hydrogens (tertiary/aromatic N) is 1. The van der Waals surface area contributed by atoms with Gasteiger partial charge in [0.25, 0.3) is 0 Å². The molecule has 1 N–H and O–H groups in total. The molecule has 7 heteroatoms. The van der Waals surface area contributed by atoms with Gasteiger partial charge in [0.1, 0.15) is 0 Å². The Balaban J connectivity index is 1.61. The van der Waals surface area contributed by atoms with E-state index in [1.54, 1.807) is 38.4 Å². The van der Waals surface area contributed by atoms with Crippen LogP contribution < -0.4 is 5.32 Å². The molecule has 4 rings (SSSR count). The van der Waals surface area contributed by atoms with Gasteiger partial charge in [0.05, 0.1) is 5.57 Å². The Labute approximate surface area is 204 Å². The number of amides is 1. The van der Waals surface area contributed by atoms with Crippen molar-refractivity contribution in [3.05, 3.63) is 81.6 Å². The van der Waals surface area contributed by atoms with Gasteiger partial charge < -0.3 is 15.0 Å². The van der Waals surface area contributed by atoms with Crippen LogP contribution in [0.1, 0.15) is 57.9 Å². The third kappa shape index (κ3) is 4.93. The topological polar surface area (TPSA) is 75.7 Å². The largest absolute Gasteiger partial charge is 0.415 e. The van der Waals surface area contributed by atoms with E-state index in [0.717, 1.165) is 25.7 Å². The molecule has 2 aliphatic carbocycles. The van der Waals surface area contributed by atoms with Crippen LogP contribution in [0.2, 0.25) is 5.02 Å². The minimum atomic E-state index is -0.641. The van der Waals surface area contributed by atoms with Crippen LogP contribution in [0.3, 0.4) is 0 Å². The van der Waals surface area contributed by atoms with Crippen LogP contribution in [0.4, 0.5) is 4.79 Å². The van der Waals surface area contributed by atoms with Crippen molar-refractivity contribution in [3.63, 3.8) is 0 Å². The highest BCUT2D eigenvalue weighted by molar-refractivity contribution is 6.30. The first-order valence-corrected chi connectivity index (χ1v) is 12.0. The van der Waals surface area contributed by atoms with Gasteiger partial charge in [0.2, 0.25) is 5.78 Å².